The Labute approximate surface area is 159 Å². The first kappa shape index (κ1) is 19.7. The average molecular weight is 420 g/mol. The molecule has 0 fully saturated rings. The fraction of sp³-hybridized carbons (Fsp3) is 0.211. The average Bonchev–Trinajstić information content (AvgIpc) is 2.66. The van der Waals surface area contributed by atoms with Crippen molar-refractivity contribution in [2.24, 2.45) is 0 Å². The largest absolute Gasteiger partial charge is 0.497 e. The molecule has 0 aliphatic carbocycles. The third kappa shape index (κ3) is 5.16. The molecule has 0 unspecified atom stereocenters. The molecule has 136 valence electrons. The van der Waals surface area contributed by atoms with Crippen LogP contribution in [0.2, 0.25) is 0 Å². The zero-order chi connectivity index (χ0) is 19.1. The smallest absolute Gasteiger partial charge is 0.306 e. The zero-order valence-electron chi connectivity index (χ0n) is 14.4. The van der Waals surface area contributed by atoms with Gasteiger partial charge in [-0.05, 0) is 42.5 Å². The fourth-order valence-corrected chi connectivity index (χ4v) is 2.50. The van der Waals surface area contributed by atoms with Gasteiger partial charge in [-0.1, -0.05) is 15.9 Å². The normalized spacial score (nSPS) is 10.1. The lowest BCUT2D eigenvalue weighted by Gasteiger charge is -2.12. The van der Waals surface area contributed by atoms with Crippen molar-refractivity contribution in [2.45, 2.75) is 12.8 Å². The molecule has 0 radical (unpaired) electrons. The SMILES string of the molecule is COC(=O)CCC(=O)Nc1ccc(OC)cc1C(=O)c1ccc(Br)cc1. The molecule has 0 aromatic heterocycles. The third-order valence-electron chi connectivity index (χ3n) is 3.64. The Morgan fingerprint density at radius 3 is 2.31 bits per heavy atom. The zero-order valence-corrected chi connectivity index (χ0v) is 16.0. The second-order valence-corrected chi connectivity index (χ2v) is 6.29. The number of carbonyl (C=O) groups excluding carboxylic acids is 3. The van der Waals surface area contributed by atoms with Gasteiger partial charge in [-0.2, -0.15) is 0 Å². The van der Waals surface area contributed by atoms with Gasteiger partial charge in [-0.15, -0.1) is 0 Å². The number of hydrogen-bond donors (Lipinski definition) is 1. The van der Waals surface area contributed by atoms with Gasteiger partial charge in [-0.3, -0.25) is 14.4 Å². The van der Waals surface area contributed by atoms with E-state index in [4.69, 9.17) is 4.74 Å². The topological polar surface area (TPSA) is 81.7 Å². The maximum Gasteiger partial charge on any atom is 0.306 e. The van der Waals surface area contributed by atoms with Crippen LogP contribution in [-0.2, 0) is 14.3 Å². The van der Waals surface area contributed by atoms with Crippen molar-refractivity contribution in [3.05, 3.63) is 58.1 Å². The molecule has 0 aliphatic heterocycles. The van der Waals surface area contributed by atoms with Crippen LogP contribution in [0.3, 0.4) is 0 Å². The molecule has 0 aliphatic rings. The molecule has 1 amide bonds. The number of hydrogen-bond acceptors (Lipinski definition) is 5. The number of esters is 1. The lowest BCUT2D eigenvalue weighted by Crippen LogP contribution is -2.16. The summed E-state index contributed by atoms with van der Waals surface area (Å²) in [5.74, 6) is -0.607. The van der Waals surface area contributed by atoms with Crippen LogP contribution in [0.5, 0.6) is 5.75 Å². The first-order chi connectivity index (χ1) is 12.4. The Morgan fingerprint density at radius 2 is 1.69 bits per heavy atom. The van der Waals surface area contributed by atoms with E-state index in [-0.39, 0.29) is 24.5 Å². The number of anilines is 1. The summed E-state index contributed by atoms with van der Waals surface area (Å²) >= 11 is 3.33. The van der Waals surface area contributed by atoms with E-state index in [1.54, 1.807) is 42.5 Å². The lowest BCUT2D eigenvalue weighted by molar-refractivity contribution is -0.141. The highest BCUT2D eigenvalue weighted by Crippen LogP contribution is 2.25. The summed E-state index contributed by atoms with van der Waals surface area (Å²) in [6, 6.07) is 11.7. The van der Waals surface area contributed by atoms with Gasteiger partial charge in [-0.25, -0.2) is 0 Å². The van der Waals surface area contributed by atoms with Crippen molar-refractivity contribution in [1.82, 2.24) is 0 Å². The van der Waals surface area contributed by atoms with Crippen LogP contribution in [-0.4, -0.2) is 31.9 Å². The number of halogens is 1. The molecule has 2 aromatic rings. The van der Waals surface area contributed by atoms with Crippen LogP contribution >= 0.6 is 15.9 Å². The fourth-order valence-electron chi connectivity index (χ4n) is 2.23. The lowest BCUT2D eigenvalue weighted by atomic mass is 10.0. The molecule has 0 atom stereocenters. The summed E-state index contributed by atoms with van der Waals surface area (Å²) in [6.45, 7) is 0. The van der Waals surface area contributed by atoms with Crippen LogP contribution < -0.4 is 10.1 Å². The third-order valence-corrected chi connectivity index (χ3v) is 4.16. The van der Waals surface area contributed by atoms with E-state index in [1.807, 2.05) is 0 Å². The van der Waals surface area contributed by atoms with Crippen molar-refractivity contribution in [2.75, 3.05) is 19.5 Å². The molecule has 1 N–H and O–H groups in total. The highest BCUT2D eigenvalue weighted by Gasteiger charge is 2.17. The number of methoxy groups -OCH3 is 2. The molecule has 0 spiro atoms. The van der Waals surface area contributed by atoms with Crippen LogP contribution in [0.15, 0.2) is 46.9 Å². The molecular weight excluding hydrogens is 402 g/mol. The van der Waals surface area contributed by atoms with Gasteiger partial charge in [0.05, 0.1) is 26.3 Å². The molecule has 0 saturated heterocycles. The van der Waals surface area contributed by atoms with Gasteiger partial charge < -0.3 is 14.8 Å². The van der Waals surface area contributed by atoms with Crippen LogP contribution in [0.1, 0.15) is 28.8 Å². The van der Waals surface area contributed by atoms with Gasteiger partial charge in [0.2, 0.25) is 5.91 Å². The van der Waals surface area contributed by atoms with E-state index < -0.39 is 5.97 Å². The van der Waals surface area contributed by atoms with Crippen molar-refractivity contribution >= 4 is 39.3 Å². The van der Waals surface area contributed by atoms with E-state index >= 15 is 0 Å². The molecule has 2 rings (SSSR count). The van der Waals surface area contributed by atoms with Crippen LogP contribution in [0.4, 0.5) is 5.69 Å². The maximum atomic E-state index is 12.8. The van der Waals surface area contributed by atoms with Gasteiger partial charge in [0.25, 0.3) is 0 Å². The first-order valence-corrected chi connectivity index (χ1v) is 8.59. The number of benzene rings is 2. The van der Waals surface area contributed by atoms with Crippen molar-refractivity contribution in [3.63, 3.8) is 0 Å². The van der Waals surface area contributed by atoms with Gasteiger partial charge in [0.1, 0.15) is 5.75 Å². The molecule has 2 aromatic carbocycles. The minimum Gasteiger partial charge on any atom is -0.497 e. The molecule has 26 heavy (non-hydrogen) atoms. The highest BCUT2D eigenvalue weighted by atomic mass is 79.9. The second-order valence-electron chi connectivity index (χ2n) is 5.37. The predicted octanol–water partition coefficient (Wildman–Crippen LogP) is 3.58. The predicted molar refractivity (Wildman–Crippen MR) is 100 cm³/mol. The summed E-state index contributed by atoms with van der Waals surface area (Å²) in [5.41, 5.74) is 1.14. The summed E-state index contributed by atoms with van der Waals surface area (Å²) in [7, 11) is 2.76. The summed E-state index contributed by atoms with van der Waals surface area (Å²) in [4.78, 5) is 36.1. The Balaban J connectivity index is 2.26. The van der Waals surface area contributed by atoms with Crippen molar-refractivity contribution in [3.8, 4) is 5.75 Å². The molecular formula is C19H18BrNO5. The number of carbonyl (C=O) groups is 3. The van der Waals surface area contributed by atoms with E-state index in [0.717, 1.165) is 4.47 Å². The van der Waals surface area contributed by atoms with Crippen molar-refractivity contribution < 1.29 is 23.9 Å². The highest BCUT2D eigenvalue weighted by molar-refractivity contribution is 9.10. The van der Waals surface area contributed by atoms with Crippen molar-refractivity contribution in [1.29, 1.82) is 0 Å². The Bertz CT molecular complexity index is 817. The number of amides is 1. The van der Waals surface area contributed by atoms with Gasteiger partial charge >= 0.3 is 5.97 Å². The second kappa shape index (κ2) is 9.15. The number of ether oxygens (including phenoxy) is 2. The number of nitrogens with one attached hydrogen (secondary N) is 1. The summed E-state index contributed by atoms with van der Waals surface area (Å²) < 4.78 is 10.6. The molecule has 0 saturated carbocycles. The van der Waals surface area contributed by atoms with E-state index in [1.165, 1.54) is 14.2 Å². The van der Waals surface area contributed by atoms with E-state index in [0.29, 0.717) is 22.6 Å². The monoisotopic (exact) mass is 419 g/mol. The quantitative estimate of drug-likeness (QED) is 0.547. The Morgan fingerprint density at radius 1 is 1.00 bits per heavy atom. The molecule has 0 bridgehead atoms. The minimum absolute atomic E-state index is 0.0333. The Hall–Kier alpha value is -2.67. The molecule has 7 heteroatoms. The minimum atomic E-state index is -0.471. The summed E-state index contributed by atoms with van der Waals surface area (Å²) in [6.07, 6.45) is -0.0703. The first-order valence-electron chi connectivity index (χ1n) is 7.79. The maximum absolute atomic E-state index is 12.8. The standard InChI is InChI=1S/C19H18BrNO5/c1-25-14-7-8-16(21-17(22)9-10-18(23)26-2)15(11-14)19(24)12-3-5-13(20)6-4-12/h3-8,11H,9-10H2,1-2H3,(H,21,22). The number of rotatable bonds is 7. The van der Waals surface area contributed by atoms with E-state index in [2.05, 4.69) is 26.0 Å². The summed E-state index contributed by atoms with van der Waals surface area (Å²) in [5, 5.41) is 2.67. The van der Waals surface area contributed by atoms with Gasteiger partial charge in [0.15, 0.2) is 5.78 Å². The molecule has 6 nitrogen and oxygen atoms in total. The van der Waals surface area contributed by atoms with Gasteiger partial charge in [0, 0.05) is 22.0 Å². The van der Waals surface area contributed by atoms with Crippen LogP contribution in [0, 0.1) is 0 Å². The Kier molecular flexibility index (Phi) is 6.91. The number of ketones is 1. The van der Waals surface area contributed by atoms with E-state index in [9.17, 15) is 14.4 Å². The van der Waals surface area contributed by atoms with Crippen LogP contribution in [0.25, 0.3) is 0 Å². The molecule has 0 heterocycles.